The second-order valence-corrected chi connectivity index (χ2v) is 9.35. The van der Waals surface area contributed by atoms with Crippen LogP contribution >= 0.6 is 0 Å². The van der Waals surface area contributed by atoms with Gasteiger partial charge in [-0.25, -0.2) is 0 Å². The molecule has 1 amide bonds. The number of hydrogen-bond acceptors (Lipinski definition) is 5. The fourth-order valence-electron chi connectivity index (χ4n) is 4.85. The van der Waals surface area contributed by atoms with Crippen molar-refractivity contribution in [3.05, 3.63) is 101 Å². The maximum absolute atomic E-state index is 13.3. The Labute approximate surface area is 205 Å². The molecule has 0 radical (unpaired) electrons. The van der Waals surface area contributed by atoms with Crippen LogP contribution in [-0.2, 0) is 22.6 Å². The molecule has 6 heteroatoms. The zero-order valence-electron chi connectivity index (χ0n) is 20.1. The van der Waals surface area contributed by atoms with Crippen molar-refractivity contribution in [1.29, 1.82) is 0 Å². The van der Waals surface area contributed by atoms with Crippen LogP contribution in [0.5, 0.6) is 5.75 Å². The lowest BCUT2D eigenvalue weighted by atomic mass is 9.94. The number of carbonyl (C=O) groups is 2. The molecule has 35 heavy (non-hydrogen) atoms. The number of Topliss-reactive ketones (excluding diaryl/α,β-unsaturated/α-hetero) is 1. The molecule has 2 aliphatic heterocycles. The number of fused-ring (bicyclic) bond motifs is 1. The molecule has 2 atom stereocenters. The van der Waals surface area contributed by atoms with Crippen molar-refractivity contribution in [1.82, 2.24) is 4.90 Å². The predicted octanol–water partition coefficient (Wildman–Crippen LogP) is 4.70. The molecular weight excluding hydrogens is 440 g/mol. The van der Waals surface area contributed by atoms with Gasteiger partial charge in [-0.05, 0) is 53.9 Å². The van der Waals surface area contributed by atoms with Gasteiger partial charge in [-0.2, -0.15) is 0 Å². The fourth-order valence-corrected chi connectivity index (χ4v) is 4.85. The van der Waals surface area contributed by atoms with Crippen LogP contribution < -0.4 is 9.64 Å². The first-order chi connectivity index (χ1) is 16.8. The van der Waals surface area contributed by atoms with Gasteiger partial charge in [0.05, 0.1) is 11.6 Å². The summed E-state index contributed by atoms with van der Waals surface area (Å²) < 4.78 is 5.78. The monoisotopic (exact) mass is 468 g/mol. The minimum atomic E-state index is -0.699. The Hall–Kier alpha value is -4.06. The number of hydrogen-bond donors (Lipinski definition) is 1. The van der Waals surface area contributed by atoms with E-state index in [1.165, 1.54) is 0 Å². The molecule has 0 aromatic heterocycles. The highest BCUT2D eigenvalue weighted by Gasteiger charge is 2.46. The molecule has 1 N–H and O–H groups in total. The Morgan fingerprint density at radius 1 is 1.03 bits per heavy atom. The van der Waals surface area contributed by atoms with E-state index in [0.29, 0.717) is 5.56 Å². The molecule has 5 rings (SSSR count). The third kappa shape index (κ3) is 4.16. The van der Waals surface area contributed by atoms with Crippen molar-refractivity contribution in [3.63, 3.8) is 0 Å². The predicted molar refractivity (Wildman–Crippen MR) is 135 cm³/mol. The van der Waals surface area contributed by atoms with E-state index in [9.17, 15) is 14.7 Å². The number of benzene rings is 3. The first-order valence-corrected chi connectivity index (χ1v) is 11.7. The van der Waals surface area contributed by atoms with Gasteiger partial charge in [-0.1, -0.05) is 42.5 Å². The minimum absolute atomic E-state index is 0.0639. The maximum Gasteiger partial charge on any atom is 0.295 e. The molecule has 1 saturated heterocycles. The third-order valence-corrected chi connectivity index (χ3v) is 6.63. The SMILES string of the molecule is C[C@H]1Cc2cc(/C(O)=C3\C(=O)C(=O)N(Cc4ccccc4)[C@H]3c3ccc(N(C)C)cc3)ccc2O1. The molecule has 2 aliphatic rings. The Balaban J connectivity index is 1.62. The van der Waals surface area contributed by atoms with Crippen LogP contribution in [0.2, 0.25) is 0 Å². The van der Waals surface area contributed by atoms with Crippen molar-refractivity contribution >= 4 is 23.1 Å². The molecule has 0 spiro atoms. The number of anilines is 1. The molecule has 2 heterocycles. The zero-order chi connectivity index (χ0) is 24.7. The highest BCUT2D eigenvalue weighted by molar-refractivity contribution is 6.46. The van der Waals surface area contributed by atoms with Gasteiger partial charge in [0, 0.05) is 38.3 Å². The Bertz CT molecular complexity index is 1310. The molecule has 178 valence electrons. The average molecular weight is 469 g/mol. The van der Waals surface area contributed by atoms with Crippen LogP contribution in [0, 0.1) is 0 Å². The summed E-state index contributed by atoms with van der Waals surface area (Å²) in [5.74, 6) is -0.669. The standard InChI is InChI=1S/C29H28N2O4/c1-18-15-22-16-21(11-14-24(22)35-18)27(32)25-26(20-9-12-23(13-10-20)30(2)3)31(29(34)28(25)33)17-19-7-5-4-6-8-19/h4-14,16,18,26,32H,15,17H2,1-3H3/b27-25+/t18-,26-/m0/s1. The summed E-state index contributed by atoms with van der Waals surface area (Å²) in [7, 11) is 3.91. The van der Waals surface area contributed by atoms with Gasteiger partial charge in [0.25, 0.3) is 11.7 Å². The second-order valence-electron chi connectivity index (χ2n) is 9.35. The van der Waals surface area contributed by atoms with Crippen molar-refractivity contribution < 1.29 is 19.4 Å². The van der Waals surface area contributed by atoms with E-state index in [-0.39, 0.29) is 24.0 Å². The number of ketones is 1. The minimum Gasteiger partial charge on any atom is -0.507 e. The van der Waals surface area contributed by atoms with Crippen molar-refractivity contribution in [2.45, 2.75) is 32.0 Å². The summed E-state index contributed by atoms with van der Waals surface area (Å²) in [5, 5.41) is 11.4. The van der Waals surface area contributed by atoms with E-state index in [1.807, 2.05) is 92.6 Å². The Morgan fingerprint density at radius 3 is 2.43 bits per heavy atom. The summed E-state index contributed by atoms with van der Waals surface area (Å²) in [4.78, 5) is 30.1. The molecule has 3 aromatic carbocycles. The normalized spacial score (nSPS) is 20.6. The van der Waals surface area contributed by atoms with E-state index in [1.54, 1.807) is 11.0 Å². The number of aliphatic hydroxyl groups is 1. The number of amides is 1. The lowest BCUT2D eigenvalue weighted by Gasteiger charge is -2.26. The first kappa shape index (κ1) is 22.7. The van der Waals surface area contributed by atoms with Crippen molar-refractivity contribution in [3.8, 4) is 5.75 Å². The number of carbonyl (C=O) groups excluding carboxylic acids is 2. The number of aliphatic hydroxyl groups excluding tert-OH is 1. The molecular formula is C29H28N2O4. The summed E-state index contributed by atoms with van der Waals surface area (Å²) in [6.07, 6.45) is 0.794. The van der Waals surface area contributed by atoms with Gasteiger partial charge >= 0.3 is 0 Å². The summed E-state index contributed by atoms with van der Waals surface area (Å²) in [5.41, 5.74) is 4.27. The summed E-state index contributed by atoms with van der Waals surface area (Å²) in [6, 6.07) is 22.0. The molecule has 0 bridgehead atoms. The number of nitrogens with zero attached hydrogens (tertiary/aromatic N) is 2. The molecule has 0 aliphatic carbocycles. The maximum atomic E-state index is 13.3. The van der Waals surface area contributed by atoms with Crippen LogP contribution in [0.4, 0.5) is 5.69 Å². The molecule has 0 unspecified atom stereocenters. The van der Waals surface area contributed by atoms with E-state index >= 15 is 0 Å². The van der Waals surface area contributed by atoms with E-state index in [0.717, 1.165) is 34.5 Å². The van der Waals surface area contributed by atoms with Crippen molar-refractivity contribution in [2.24, 2.45) is 0 Å². The van der Waals surface area contributed by atoms with Gasteiger partial charge < -0.3 is 19.6 Å². The second kappa shape index (κ2) is 8.95. The highest BCUT2D eigenvalue weighted by Crippen LogP contribution is 2.41. The summed E-state index contributed by atoms with van der Waals surface area (Å²) in [6.45, 7) is 2.25. The van der Waals surface area contributed by atoms with Crippen LogP contribution in [0.25, 0.3) is 5.76 Å². The van der Waals surface area contributed by atoms with Crippen LogP contribution in [0.1, 0.15) is 35.2 Å². The molecule has 3 aromatic rings. The average Bonchev–Trinajstić information content (AvgIpc) is 3.35. The largest absolute Gasteiger partial charge is 0.507 e. The quantitative estimate of drug-likeness (QED) is 0.334. The van der Waals surface area contributed by atoms with E-state index < -0.39 is 17.7 Å². The van der Waals surface area contributed by atoms with Gasteiger partial charge in [-0.15, -0.1) is 0 Å². The topological polar surface area (TPSA) is 70.1 Å². The third-order valence-electron chi connectivity index (χ3n) is 6.63. The summed E-state index contributed by atoms with van der Waals surface area (Å²) >= 11 is 0. The van der Waals surface area contributed by atoms with Gasteiger partial charge in [0.2, 0.25) is 0 Å². The molecule has 6 nitrogen and oxygen atoms in total. The fraction of sp³-hybridized carbons (Fsp3) is 0.241. The van der Waals surface area contributed by atoms with Gasteiger partial charge in [0.1, 0.15) is 17.6 Å². The van der Waals surface area contributed by atoms with Crippen molar-refractivity contribution in [2.75, 3.05) is 19.0 Å². The number of ether oxygens (including phenoxy) is 1. The van der Waals surface area contributed by atoms with E-state index in [4.69, 9.17) is 4.74 Å². The molecule has 0 saturated carbocycles. The smallest absolute Gasteiger partial charge is 0.295 e. The Kier molecular flexibility index (Phi) is 5.81. The lowest BCUT2D eigenvalue weighted by molar-refractivity contribution is -0.140. The van der Waals surface area contributed by atoms with Gasteiger partial charge in [-0.3, -0.25) is 9.59 Å². The van der Waals surface area contributed by atoms with Gasteiger partial charge in [0.15, 0.2) is 0 Å². The lowest BCUT2D eigenvalue weighted by Crippen LogP contribution is -2.29. The number of likely N-dealkylation sites (tertiary alicyclic amines) is 1. The van der Waals surface area contributed by atoms with E-state index in [2.05, 4.69) is 0 Å². The van der Waals surface area contributed by atoms with Crippen LogP contribution in [-0.4, -0.2) is 41.9 Å². The first-order valence-electron chi connectivity index (χ1n) is 11.7. The Morgan fingerprint density at radius 2 is 1.74 bits per heavy atom. The zero-order valence-corrected chi connectivity index (χ0v) is 20.1. The molecule has 1 fully saturated rings. The van der Waals surface area contributed by atoms with Crippen LogP contribution in [0.3, 0.4) is 0 Å². The van der Waals surface area contributed by atoms with Crippen LogP contribution in [0.15, 0.2) is 78.4 Å². The highest BCUT2D eigenvalue weighted by atomic mass is 16.5. The number of rotatable bonds is 5.